The van der Waals surface area contributed by atoms with E-state index < -0.39 is 11.9 Å². The van der Waals surface area contributed by atoms with Gasteiger partial charge in [0.2, 0.25) is 5.91 Å². The molecule has 0 aromatic carbocycles. The molecule has 0 aromatic heterocycles. The van der Waals surface area contributed by atoms with E-state index in [4.69, 9.17) is 9.84 Å². The first-order valence-electron chi connectivity index (χ1n) is 5.19. The molecule has 1 heterocycles. The number of nitrogens with one attached hydrogen (secondary N) is 1. The average molecular weight is 215 g/mol. The zero-order valence-corrected chi connectivity index (χ0v) is 8.86. The Hall–Kier alpha value is -1.10. The van der Waals surface area contributed by atoms with Gasteiger partial charge in [0, 0.05) is 13.2 Å². The summed E-state index contributed by atoms with van der Waals surface area (Å²) in [7, 11) is 0. The van der Waals surface area contributed by atoms with Gasteiger partial charge in [0.05, 0.1) is 18.4 Å². The van der Waals surface area contributed by atoms with Gasteiger partial charge in [0.25, 0.3) is 0 Å². The van der Waals surface area contributed by atoms with Crippen LogP contribution in [0.4, 0.5) is 0 Å². The highest BCUT2D eigenvalue weighted by Crippen LogP contribution is 2.12. The van der Waals surface area contributed by atoms with Crippen LogP contribution in [-0.4, -0.2) is 36.7 Å². The second kappa shape index (κ2) is 5.70. The number of aliphatic carboxylic acids is 1. The van der Waals surface area contributed by atoms with Gasteiger partial charge in [0.1, 0.15) is 0 Å². The van der Waals surface area contributed by atoms with E-state index in [2.05, 4.69) is 5.32 Å². The Morgan fingerprint density at radius 2 is 2.33 bits per heavy atom. The quantitative estimate of drug-likeness (QED) is 0.689. The Bertz CT molecular complexity index is 236. The van der Waals surface area contributed by atoms with Crippen molar-refractivity contribution in [2.24, 2.45) is 11.8 Å². The highest BCUT2D eigenvalue weighted by atomic mass is 16.5. The van der Waals surface area contributed by atoms with E-state index in [1.165, 1.54) is 0 Å². The van der Waals surface area contributed by atoms with Gasteiger partial charge in [-0.1, -0.05) is 6.92 Å². The van der Waals surface area contributed by atoms with Crippen LogP contribution in [-0.2, 0) is 14.3 Å². The summed E-state index contributed by atoms with van der Waals surface area (Å²) in [5.41, 5.74) is 0. The van der Waals surface area contributed by atoms with Crippen LogP contribution in [0.25, 0.3) is 0 Å². The van der Waals surface area contributed by atoms with Crippen LogP contribution in [0.5, 0.6) is 0 Å². The molecule has 1 fully saturated rings. The van der Waals surface area contributed by atoms with Crippen molar-refractivity contribution < 1.29 is 19.4 Å². The molecule has 1 aliphatic rings. The van der Waals surface area contributed by atoms with Crippen LogP contribution in [0.15, 0.2) is 0 Å². The predicted molar refractivity (Wildman–Crippen MR) is 53.4 cm³/mol. The first kappa shape index (κ1) is 12.0. The molecular formula is C10H17NO4. The number of amides is 1. The van der Waals surface area contributed by atoms with Gasteiger partial charge < -0.3 is 15.2 Å². The van der Waals surface area contributed by atoms with Gasteiger partial charge in [-0.2, -0.15) is 0 Å². The maximum Gasteiger partial charge on any atom is 0.306 e. The van der Waals surface area contributed by atoms with Gasteiger partial charge in [-0.15, -0.1) is 0 Å². The van der Waals surface area contributed by atoms with Crippen LogP contribution in [0.3, 0.4) is 0 Å². The fraction of sp³-hybridized carbons (Fsp3) is 0.800. The Balaban J connectivity index is 2.14. The van der Waals surface area contributed by atoms with Crippen molar-refractivity contribution >= 4 is 11.9 Å². The van der Waals surface area contributed by atoms with E-state index in [9.17, 15) is 9.59 Å². The molecule has 1 amide bonds. The lowest BCUT2D eigenvalue weighted by molar-refractivity contribution is -0.141. The molecule has 2 unspecified atom stereocenters. The molecule has 0 aromatic rings. The van der Waals surface area contributed by atoms with E-state index in [1.807, 2.05) is 0 Å². The third kappa shape index (κ3) is 3.87. The first-order valence-corrected chi connectivity index (χ1v) is 5.19. The Morgan fingerprint density at radius 3 is 2.87 bits per heavy atom. The van der Waals surface area contributed by atoms with Crippen LogP contribution in [0.1, 0.15) is 19.8 Å². The van der Waals surface area contributed by atoms with Gasteiger partial charge in [0.15, 0.2) is 0 Å². The number of carboxylic acid groups (broad SMARTS) is 1. The molecule has 5 nitrogen and oxygen atoms in total. The minimum Gasteiger partial charge on any atom is -0.481 e. The standard InChI is InChI=1S/C10H17NO4/c1-7(10(13)14)2-4-11-9(12)8-3-5-15-6-8/h7-8H,2-6H2,1H3,(H,11,12)(H,13,14). The van der Waals surface area contributed by atoms with E-state index in [1.54, 1.807) is 6.92 Å². The third-order valence-electron chi connectivity index (χ3n) is 2.60. The summed E-state index contributed by atoms with van der Waals surface area (Å²) in [6, 6.07) is 0. The Labute approximate surface area is 88.8 Å². The normalized spacial score (nSPS) is 22.3. The maximum absolute atomic E-state index is 11.5. The third-order valence-corrected chi connectivity index (χ3v) is 2.60. The van der Waals surface area contributed by atoms with Gasteiger partial charge in [-0.3, -0.25) is 9.59 Å². The molecule has 2 N–H and O–H groups in total. The van der Waals surface area contributed by atoms with Crippen molar-refractivity contribution in [3.8, 4) is 0 Å². The number of ether oxygens (including phenoxy) is 1. The topological polar surface area (TPSA) is 75.6 Å². The zero-order valence-electron chi connectivity index (χ0n) is 8.86. The molecular weight excluding hydrogens is 198 g/mol. The summed E-state index contributed by atoms with van der Waals surface area (Å²) >= 11 is 0. The summed E-state index contributed by atoms with van der Waals surface area (Å²) in [6.07, 6.45) is 1.23. The minimum absolute atomic E-state index is 0.0231. The highest BCUT2D eigenvalue weighted by Gasteiger charge is 2.23. The largest absolute Gasteiger partial charge is 0.481 e. The summed E-state index contributed by atoms with van der Waals surface area (Å²) < 4.78 is 5.09. The smallest absolute Gasteiger partial charge is 0.306 e. The molecule has 1 saturated heterocycles. The minimum atomic E-state index is -0.826. The SMILES string of the molecule is CC(CCNC(=O)C1CCOC1)C(=O)O. The zero-order chi connectivity index (χ0) is 11.3. The predicted octanol–water partition coefficient (Wildman–Crippen LogP) is 0.250. The van der Waals surface area contributed by atoms with Crippen LogP contribution in [0, 0.1) is 11.8 Å². The molecule has 2 atom stereocenters. The Morgan fingerprint density at radius 1 is 1.60 bits per heavy atom. The number of hydrogen-bond acceptors (Lipinski definition) is 3. The molecule has 1 aliphatic heterocycles. The van der Waals surface area contributed by atoms with E-state index in [0.29, 0.717) is 26.2 Å². The second-order valence-electron chi connectivity index (χ2n) is 3.88. The lowest BCUT2D eigenvalue weighted by Crippen LogP contribution is -2.32. The molecule has 1 rings (SSSR count). The van der Waals surface area contributed by atoms with Crippen LogP contribution >= 0.6 is 0 Å². The molecule has 0 saturated carbocycles. The molecule has 5 heteroatoms. The number of hydrogen-bond donors (Lipinski definition) is 2. The van der Waals surface area contributed by atoms with Gasteiger partial charge >= 0.3 is 5.97 Å². The van der Waals surface area contributed by atoms with Gasteiger partial charge in [-0.25, -0.2) is 0 Å². The number of carbonyl (C=O) groups excluding carboxylic acids is 1. The number of carboxylic acids is 1. The lowest BCUT2D eigenvalue weighted by atomic mass is 10.1. The monoisotopic (exact) mass is 215 g/mol. The van der Waals surface area contributed by atoms with E-state index in [0.717, 1.165) is 6.42 Å². The highest BCUT2D eigenvalue weighted by molar-refractivity contribution is 5.79. The average Bonchev–Trinajstić information content (AvgIpc) is 2.70. The maximum atomic E-state index is 11.5. The summed E-state index contributed by atoms with van der Waals surface area (Å²) in [5, 5.41) is 11.4. The molecule has 0 radical (unpaired) electrons. The van der Waals surface area contributed by atoms with E-state index in [-0.39, 0.29) is 11.8 Å². The summed E-state index contributed by atoms with van der Waals surface area (Å²) in [5.74, 6) is -1.31. The van der Waals surface area contributed by atoms with Gasteiger partial charge in [-0.05, 0) is 12.8 Å². The summed E-state index contributed by atoms with van der Waals surface area (Å²) in [6.45, 7) is 3.18. The van der Waals surface area contributed by atoms with Crippen molar-refractivity contribution in [2.45, 2.75) is 19.8 Å². The van der Waals surface area contributed by atoms with Crippen molar-refractivity contribution in [3.05, 3.63) is 0 Å². The fourth-order valence-corrected chi connectivity index (χ4v) is 1.42. The molecule has 0 aliphatic carbocycles. The first-order chi connectivity index (χ1) is 7.11. The fourth-order valence-electron chi connectivity index (χ4n) is 1.42. The van der Waals surface area contributed by atoms with Crippen molar-refractivity contribution in [3.63, 3.8) is 0 Å². The lowest BCUT2D eigenvalue weighted by Gasteiger charge is -2.10. The van der Waals surface area contributed by atoms with Crippen molar-refractivity contribution in [1.82, 2.24) is 5.32 Å². The van der Waals surface area contributed by atoms with Crippen LogP contribution < -0.4 is 5.32 Å². The number of carbonyl (C=O) groups is 2. The molecule has 0 bridgehead atoms. The van der Waals surface area contributed by atoms with E-state index >= 15 is 0 Å². The van der Waals surface area contributed by atoms with Crippen LogP contribution in [0.2, 0.25) is 0 Å². The molecule has 86 valence electrons. The molecule has 15 heavy (non-hydrogen) atoms. The van der Waals surface area contributed by atoms with Crippen molar-refractivity contribution in [2.75, 3.05) is 19.8 Å². The molecule has 0 spiro atoms. The Kier molecular flexibility index (Phi) is 4.55. The second-order valence-corrected chi connectivity index (χ2v) is 3.88. The summed E-state index contributed by atoms with van der Waals surface area (Å²) in [4.78, 5) is 22.0. The van der Waals surface area contributed by atoms with Crippen molar-refractivity contribution in [1.29, 1.82) is 0 Å². The number of rotatable bonds is 5.